The molecule has 1 aliphatic heterocycles. The third-order valence-electron chi connectivity index (χ3n) is 3.75. The van der Waals surface area contributed by atoms with Crippen LogP contribution in [-0.2, 0) is 13.0 Å². The van der Waals surface area contributed by atoms with Gasteiger partial charge in [-0.3, -0.25) is 9.78 Å². The summed E-state index contributed by atoms with van der Waals surface area (Å²) in [6, 6.07) is 5.38. The number of pyridine rings is 1. The van der Waals surface area contributed by atoms with E-state index in [9.17, 15) is 14.0 Å². The molecule has 2 aromatic rings. The van der Waals surface area contributed by atoms with Crippen molar-refractivity contribution in [2.45, 2.75) is 13.0 Å². The number of amides is 1. The number of benzene rings is 1. The van der Waals surface area contributed by atoms with E-state index in [1.165, 1.54) is 30.5 Å². The maximum absolute atomic E-state index is 12.9. The van der Waals surface area contributed by atoms with Crippen molar-refractivity contribution in [3.63, 3.8) is 0 Å². The molecule has 0 unspecified atom stereocenters. The van der Waals surface area contributed by atoms with Gasteiger partial charge in [0.1, 0.15) is 5.82 Å². The number of carbonyl (C=O) groups is 2. The second-order valence-electron chi connectivity index (χ2n) is 5.11. The lowest BCUT2D eigenvalue weighted by atomic mass is 9.96. The first-order valence-corrected chi connectivity index (χ1v) is 6.80. The molecule has 3 rings (SSSR count). The van der Waals surface area contributed by atoms with E-state index in [1.54, 1.807) is 11.1 Å². The molecule has 5 nitrogen and oxygen atoms in total. The van der Waals surface area contributed by atoms with Gasteiger partial charge >= 0.3 is 5.97 Å². The smallest absolute Gasteiger partial charge is 0.337 e. The topological polar surface area (TPSA) is 70.5 Å². The Kier molecular flexibility index (Phi) is 3.58. The number of nitrogens with zero attached hydrogens (tertiary/aromatic N) is 2. The zero-order valence-corrected chi connectivity index (χ0v) is 11.6. The van der Waals surface area contributed by atoms with Crippen molar-refractivity contribution >= 4 is 11.9 Å². The van der Waals surface area contributed by atoms with Gasteiger partial charge in [-0.2, -0.15) is 0 Å². The van der Waals surface area contributed by atoms with Crippen molar-refractivity contribution in [2.75, 3.05) is 6.54 Å². The lowest BCUT2D eigenvalue weighted by molar-refractivity contribution is 0.0693. The van der Waals surface area contributed by atoms with E-state index in [-0.39, 0.29) is 11.5 Å². The summed E-state index contributed by atoms with van der Waals surface area (Å²) >= 11 is 0. The molecule has 1 amide bonds. The molecule has 1 aromatic carbocycles. The van der Waals surface area contributed by atoms with Gasteiger partial charge < -0.3 is 10.0 Å². The van der Waals surface area contributed by atoms with E-state index in [0.717, 1.165) is 11.1 Å². The van der Waals surface area contributed by atoms with Crippen molar-refractivity contribution in [1.29, 1.82) is 0 Å². The molecular weight excluding hydrogens is 287 g/mol. The normalized spacial score (nSPS) is 13.6. The van der Waals surface area contributed by atoms with Crippen LogP contribution in [0.3, 0.4) is 0 Å². The van der Waals surface area contributed by atoms with Crippen molar-refractivity contribution in [1.82, 2.24) is 9.88 Å². The number of fused-ring (bicyclic) bond motifs is 1. The number of carboxylic acid groups (broad SMARTS) is 1. The van der Waals surface area contributed by atoms with E-state index in [4.69, 9.17) is 5.11 Å². The lowest BCUT2D eigenvalue weighted by Gasteiger charge is -2.29. The summed E-state index contributed by atoms with van der Waals surface area (Å²) in [6.45, 7) is 0.729. The van der Waals surface area contributed by atoms with Crippen molar-refractivity contribution in [2.24, 2.45) is 0 Å². The van der Waals surface area contributed by atoms with Crippen LogP contribution in [0.2, 0.25) is 0 Å². The molecule has 2 heterocycles. The Hall–Kier alpha value is -2.76. The number of hydrogen-bond acceptors (Lipinski definition) is 3. The Morgan fingerprint density at radius 2 is 1.91 bits per heavy atom. The molecule has 0 atom stereocenters. The van der Waals surface area contributed by atoms with Gasteiger partial charge in [-0.25, -0.2) is 9.18 Å². The first-order chi connectivity index (χ1) is 10.6. The molecular formula is C16H13FN2O3. The highest BCUT2D eigenvalue weighted by Gasteiger charge is 2.25. The predicted octanol–water partition coefficient (Wildman–Crippen LogP) is 2.12. The number of carboxylic acids is 1. The van der Waals surface area contributed by atoms with Gasteiger partial charge in [-0.05, 0) is 41.8 Å². The van der Waals surface area contributed by atoms with Crippen LogP contribution in [0.1, 0.15) is 31.8 Å². The van der Waals surface area contributed by atoms with Gasteiger partial charge in [0, 0.05) is 31.0 Å². The SMILES string of the molecule is O=C(O)c1cncc2c1CCN(C(=O)c1ccc(F)cc1)C2. The molecule has 1 N–H and O–H groups in total. The molecule has 0 aliphatic carbocycles. The summed E-state index contributed by atoms with van der Waals surface area (Å²) in [4.78, 5) is 29.1. The second kappa shape index (κ2) is 5.55. The number of aromatic nitrogens is 1. The quantitative estimate of drug-likeness (QED) is 0.922. The fourth-order valence-electron chi connectivity index (χ4n) is 2.63. The maximum Gasteiger partial charge on any atom is 0.337 e. The average molecular weight is 300 g/mol. The third-order valence-corrected chi connectivity index (χ3v) is 3.75. The van der Waals surface area contributed by atoms with Crippen LogP contribution in [0, 0.1) is 5.82 Å². The van der Waals surface area contributed by atoms with E-state index in [0.29, 0.717) is 25.1 Å². The lowest BCUT2D eigenvalue weighted by Crippen LogP contribution is -2.36. The van der Waals surface area contributed by atoms with Crippen molar-refractivity contribution < 1.29 is 19.1 Å². The fourth-order valence-corrected chi connectivity index (χ4v) is 2.63. The molecule has 0 spiro atoms. The van der Waals surface area contributed by atoms with Gasteiger partial charge in [0.05, 0.1) is 5.56 Å². The third kappa shape index (κ3) is 2.55. The minimum Gasteiger partial charge on any atom is -0.478 e. The van der Waals surface area contributed by atoms with E-state index >= 15 is 0 Å². The fraction of sp³-hybridized carbons (Fsp3) is 0.188. The Labute approximate surface area is 126 Å². The number of aromatic carboxylic acids is 1. The largest absolute Gasteiger partial charge is 0.478 e. The molecule has 6 heteroatoms. The van der Waals surface area contributed by atoms with Gasteiger partial charge in [0.15, 0.2) is 0 Å². The Morgan fingerprint density at radius 1 is 1.18 bits per heavy atom. The van der Waals surface area contributed by atoms with Crippen LogP contribution in [0.5, 0.6) is 0 Å². The van der Waals surface area contributed by atoms with Gasteiger partial charge in [-0.1, -0.05) is 0 Å². The van der Waals surface area contributed by atoms with E-state index in [1.807, 2.05) is 0 Å². The van der Waals surface area contributed by atoms with Crippen molar-refractivity contribution in [3.8, 4) is 0 Å². The minimum atomic E-state index is -1.01. The first kappa shape index (κ1) is 14.2. The van der Waals surface area contributed by atoms with Gasteiger partial charge in [-0.15, -0.1) is 0 Å². The van der Waals surface area contributed by atoms with Crippen LogP contribution < -0.4 is 0 Å². The molecule has 0 fully saturated rings. The molecule has 1 aromatic heterocycles. The Balaban J connectivity index is 1.85. The number of rotatable bonds is 2. The number of carbonyl (C=O) groups excluding carboxylic acids is 1. The molecule has 0 radical (unpaired) electrons. The highest BCUT2D eigenvalue weighted by molar-refractivity contribution is 5.94. The summed E-state index contributed by atoms with van der Waals surface area (Å²) < 4.78 is 12.9. The van der Waals surface area contributed by atoms with Gasteiger partial charge in [0.2, 0.25) is 0 Å². The molecule has 0 saturated heterocycles. The molecule has 112 valence electrons. The summed E-state index contributed by atoms with van der Waals surface area (Å²) in [7, 11) is 0. The zero-order chi connectivity index (χ0) is 15.7. The van der Waals surface area contributed by atoms with Crippen LogP contribution in [0.4, 0.5) is 4.39 Å². The van der Waals surface area contributed by atoms with Crippen LogP contribution >= 0.6 is 0 Å². The monoisotopic (exact) mass is 300 g/mol. The maximum atomic E-state index is 12.9. The molecule has 1 aliphatic rings. The molecule has 0 bridgehead atoms. The summed E-state index contributed by atoms with van der Waals surface area (Å²) in [6.07, 6.45) is 3.39. The Bertz CT molecular complexity index is 744. The van der Waals surface area contributed by atoms with Gasteiger partial charge in [0.25, 0.3) is 5.91 Å². The van der Waals surface area contributed by atoms with E-state index < -0.39 is 11.8 Å². The first-order valence-electron chi connectivity index (χ1n) is 6.80. The summed E-state index contributed by atoms with van der Waals surface area (Å²) in [5.41, 5.74) is 2.06. The zero-order valence-electron chi connectivity index (χ0n) is 11.6. The summed E-state index contributed by atoms with van der Waals surface area (Å²) in [5, 5.41) is 9.16. The number of hydrogen-bond donors (Lipinski definition) is 1. The van der Waals surface area contributed by atoms with E-state index in [2.05, 4.69) is 4.98 Å². The average Bonchev–Trinajstić information content (AvgIpc) is 2.53. The molecule has 0 saturated carbocycles. The van der Waals surface area contributed by atoms with Crippen LogP contribution in [-0.4, -0.2) is 33.4 Å². The highest BCUT2D eigenvalue weighted by Crippen LogP contribution is 2.23. The highest BCUT2D eigenvalue weighted by atomic mass is 19.1. The Morgan fingerprint density at radius 3 is 2.59 bits per heavy atom. The van der Waals surface area contributed by atoms with Crippen LogP contribution in [0.15, 0.2) is 36.7 Å². The minimum absolute atomic E-state index is 0.186. The van der Waals surface area contributed by atoms with Crippen molar-refractivity contribution in [3.05, 3.63) is 64.7 Å². The predicted molar refractivity (Wildman–Crippen MR) is 76.0 cm³/mol. The summed E-state index contributed by atoms with van der Waals surface area (Å²) in [5.74, 6) is -1.61. The number of halogens is 1. The molecule has 22 heavy (non-hydrogen) atoms. The second-order valence-corrected chi connectivity index (χ2v) is 5.11. The standard InChI is InChI=1S/C16H13FN2O3/c17-12-3-1-10(2-4-12)15(20)19-6-5-13-11(9-19)7-18-8-14(13)16(21)22/h1-4,7-8H,5-6,9H2,(H,21,22). The van der Waals surface area contributed by atoms with Crippen LogP contribution in [0.25, 0.3) is 0 Å².